The van der Waals surface area contributed by atoms with Crippen LogP contribution in [0.4, 0.5) is 5.69 Å². The molecule has 2 aromatic heterocycles. The molecular weight excluding hydrogens is 238 g/mol. The van der Waals surface area contributed by atoms with Gasteiger partial charge in [0.1, 0.15) is 5.69 Å². The van der Waals surface area contributed by atoms with Crippen molar-refractivity contribution in [2.75, 3.05) is 0 Å². The summed E-state index contributed by atoms with van der Waals surface area (Å²) in [5, 5.41) is 9.37. The van der Waals surface area contributed by atoms with E-state index < -0.39 is 0 Å². The van der Waals surface area contributed by atoms with E-state index in [-0.39, 0.29) is 5.41 Å². The van der Waals surface area contributed by atoms with Crippen LogP contribution in [0.5, 0.6) is 0 Å². The lowest BCUT2D eigenvalue weighted by molar-refractivity contribution is 0.557. The van der Waals surface area contributed by atoms with E-state index in [1.54, 1.807) is 0 Å². The second-order valence-electron chi connectivity index (χ2n) is 6.17. The first-order chi connectivity index (χ1) is 8.81. The number of nitrogens with zero attached hydrogens (tertiary/aromatic N) is 5. The van der Waals surface area contributed by atoms with Gasteiger partial charge in [0.05, 0.1) is 5.69 Å². The normalized spacial score (nSPS) is 12.6. The van der Waals surface area contributed by atoms with Crippen molar-refractivity contribution >= 4 is 18.1 Å². The monoisotopic (exact) mass is 261 g/mol. The Hall–Kier alpha value is -1.65. The van der Waals surface area contributed by atoms with Crippen molar-refractivity contribution in [3.8, 4) is 0 Å². The summed E-state index contributed by atoms with van der Waals surface area (Å²) in [4.78, 5) is 4.21. The molecule has 0 atom stereocenters. The van der Waals surface area contributed by atoms with Gasteiger partial charge >= 0.3 is 0 Å². The first-order valence-electron chi connectivity index (χ1n) is 6.77. The van der Waals surface area contributed by atoms with Crippen molar-refractivity contribution in [3.63, 3.8) is 0 Å². The topological polar surface area (TPSA) is 47.5 Å². The van der Waals surface area contributed by atoms with E-state index in [0.29, 0.717) is 5.92 Å². The van der Waals surface area contributed by atoms with Gasteiger partial charge in [-0.3, -0.25) is 4.99 Å². The lowest BCUT2D eigenvalue weighted by Gasteiger charge is -2.15. The van der Waals surface area contributed by atoms with Crippen LogP contribution in [0.3, 0.4) is 0 Å². The summed E-state index contributed by atoms with van der Waals surface area (Å²) in [6, 6.07) is 0. The fraction of sp³-hybridized carbons (Fsp3) is 0.643. The maximum Gasteiger partial charge on any atom is 0.180 e. The second-order valence-corrected chi connectivity index (χ2v) is 6.17. The van der Waals surface area contributed by atoms with Gasteiger partial charge in [-0.1, -0.05) is 34.6 Å². The van der Waals surface area contributed by atoms with Gasteiger partial charge in [0.2, 0.25) is 0 Å². The summed E-state index contributed by atoms with van der Waals surface area (Å²) in [5.74, 6) is 1.29. The average Bonchev–Trinajstić information content (AvgIpc) is 2.83. The minimum atomic E-state index is -0.0602. The van der Waals surface area contributed by atoms with Gasteiger partial charge in [0.15, 0.2) is 11.5 Å². The van der Waals surface area contributed by atoms with E-state index in [0.717, 1.165) is 29.4 Å². The van der Waals surface area contributed by atoms with Crippen LogP contribution in [0, 0.1) is 0 Å². The Morgan fingerprint density at radius 2 is 1.89 bits per heavy atom. The predicted molar refractivity (Wildman–Crippen MR) is 78.6 cm³/mol. The fourth-order valence-corrected chi connectivity index (χ4v) is 2.24. The summed E-state index contributed by atoms with van der Waals surface area (Å²) in [7, 11) is 0. The van der Waals surface area contributed by atoms with Crippen molar-refractivity contribution in [1.29, 1.82) is 0 Å². The highest BCUT2D eigenvalue weighted by Crippen LogP contribution is 2.35. The third kappa shape index (κ3) is 2.07. The molecule has 2 rings (SSSR count). The lowest BCUT2D eigenvalue weighted by atomic mass is 9.91. The molecule has 2 heterocycles. The number of rotatable bonds is 3. The molecule has 19 heavy (non-hydrogen) atoms. The summed E-state index contributed by atoms with van der Waals surface area (Å²) in [6.45, 7) is 17.3. The zero-order chi connectivity index (χ0) is 14.4. The third-order valence-electron chi connectivity index (χ3n) is 3.21. The zero-order valence-corrected chi connectivity index (χ0v) is 12.7. The van der Waals surface area contributed by atoms with E-state index in [2.05, 4.69) is 58.4 Å². The predicted octanol–water partition coefficient (Wildman–Crippen LogP) is 3.30. The molecule has 0 amide bonds. The van der Waals surface area contributed by atoms with Gasteiger partial charge in [-0.25, -0.2) is 4.68 Å². The molecule has 0 fully saturated rings. The van der Waals surface area contributed by atoms with E-state index in [1.165, 1.54) is 0 Å². The van der Waals surface area contributed by atoms with Crippen LogP contribution in [0.15, 0.2) is 4.99 Å². The minimum Gasteiger partial charge on any atom is -0.259 e. The molecular formula is C14H23N5. The van der Waals surface area contributed by atoms with Gasteiger partial charge in [0.25, 0.3) is 0 Å². The van der Waals surface area contributed by atoms with E-state index >= 15 is 0 Å². The number of aromatic nitrogens is 4. The van der Waals surface area contributed by atoms with Crippen molar-refractivity contribution in [1.82, 2.24) is 19.4 Å². The second kappa shape index (κ2) is 4.47. The van der Waals surface area contributed by atoms with Gasteiger partial charge in [-0.15, -0.1) is 0 Å². The molecule has 0 aliphatic carbocycles. The van der Waals surface area contributed by atoms with E-state index in [9.17, 15) is 0 Å². The van der Waals surface area contributed by atoms with Crippen LogP contribution in [0.2, 0.25) is 0 Å². The molecule has 0 aliphatic heterocycles. The highest BCUT2D eigenvalue weighted by molar-refractivity contribution is 5.71. The molecule has 104 valence electrons. The molecule has 0 unspecified atom stereocenters. The molecule has 0 bridgehead atoms. The van der Waals surface area contributed by atoms with Crippen LogP contribution in [-0.4, -0.2) is 26.1 Å². The van der Waals surface area contributed by atoms with Crippen LogP contribution in [-0.2, 0) is 12.0 Å². The van der Waals surface area contributed by atoms with Crippen molar-refractivity contribution in [2.24, 2.45) is 4.99 Å². The van der Waals surface area contributed by atoms with Crippen molar-refractivity contribution in [2.45, 2.75) is 59.4 Å². The Bertz CT molecular complexity index is 610. The number of fused-ring (bicyclic) bond motifs is 1. The Morgan fingerprint density at radius 3 is 2.32 bits per heavy atom. The van der Waals surface area contributed by atoms with Gasteiger partial charge in [-0.2, -0.15) is 14.7 Å². The molecule has 0 N–H and O–H groups in total. The Kier molecular flexibility index (Phi) is 3.24. The first-order valence-corrected chi connectivity index (χ1v) is 6.77. The summed E-state index contributed by atoms with van der Waals surface area (Å²) in [6.07, 6.45) is 0. The van der Waals surface area contributed by atoms with Gasteiger partial charge < -0.3 is 0 Å². The van der Waals surface area contributed by atoms with E-state index in [1.807, 2.05) is 9.20 Å². The highest BCUT2D eigenvalue weighted by atomic mass is 15.4. The molecule has 5 nitrogen and oxygen atoms in total. The maximum absolute atomic E-state index is 4.74. The number of aliphatic imine (C=N–C) groups is 1. The number of aryl methyl sites for hydroxylation is 1. The van der Waals surface area contributed by atoms with Crippen LogP contribution >= 0.6 is 0 Å². The fourth-order valence-electron chi connectivity index (χ4n) is 2.24. The molecule has 5 heteroatoms. The van der Waals surface area contributed by atoms with E-state index in [4.69, 9.17) is 5.10 Å². The van der Waals surface area contributed by atoms with Crippen LogP contribution in [0.1, 0.15) is 59.0 Å². The Labute approximate surface area is 114 Å². The van der Waals surface area contributed by atoms with Crippen LogP contribution < -0.4 is 0 Å². The molecule has 0 aromatic carbocycles. The van der Waals surface area contributed by atoms with Crippen molar-refractivity contribution in [3.05, 3.63) is 11.5 Å². The average molecular weight is 261 g/mol. The molecule has 2 aromatic rings. The molecule has 0 saturated heterocycles. The maximum atomic E-state index is 4.74. The summed E-state index contributed by atoms with van der Waals surface area (Å²) in [5.41, 5.74) is 2.72. The summed E-state index contributed by atoms with van der Waals surface area (Å²) >= 11 is 0. The molecule has 0 aliphatic rings. The standard InChI is InChI=1S/C14H23N5/c1-8-18-13-10(15-7)11(14(4,5)6)16-19(13)12(17-18)9(2)3/h9H,7-8H2,1-6H3. The van der Waals surface area contributed by atoms with Crippen molar-refractivity contribution < 1.29 is 0 Å². The quantitative estimate of drug-likeness (QED) is 0.796. The van der Waals surface area contributed by atoms with Crippen LogP contribution in [0.25, 0.3) is 5.65 Å². The van der Waals surface area contributed by atoms with Gasteiger partial charge in [-0.05, 0) is 13.6 Å². The number of hydrogen-bond acceptors (Lipinski definition) is 3. The smallest absolute Gasteiger partial charge is 0.180 e. The molecule has 0 saturated carbocycles. The molecule has 0 radical (unpaired) electrons. The minimum absolute atomic E-state index is 0.0602. The highest BCUT2D eigenvalue weighted by Gasteiger charge is 2.28. The Balaban J connectivity index is 2.86. The largest absolute Gasteiger partial charge is 0.259 e. The zero-order valence-electron chi connectivity index (χ0n) is 12.7. The first kappa shape index (κ1) is 13.8. The molecule has 0 spiro atoms. The number of hydrogen-bond donors (Lipinski definition) is 0. The lowest BCUT2D eigenvalue weighted by Crippen LogP contribution is -2.13. The Morgan fingerprint density at radius 1 is 1.26 bits per heavy atom. The third-order valence-corrected chi connectivity index (χ3v) is 3.21. The van der Waals surface area contributed by atoms with Gasteiger partial charge in [0, 0.05) is 17.9 Å². The SMILES string of the molecule is C=Nc1c(C(C)(C)C)nn2c(C(C)C)nn(CC)c12. The summed E-state index contributed by atoms with van der Waals surface area (Å²) < 4.78 is 3.89.